The lowest BCUT2D eigenvalue weighted by molar-refractivity contribution is 0.0954. The number of nitrogens with one attached hydrogen (secondary N) is 2. The summed E-state index contributed by atoms with van der Waals surface area (Å²) in [6.07, 6.45) is 3.06. The third-order valence-electron chi connectivity index (χ3n) is 3.75. The molecule has 6 heteroatoms. The number of nitrogens with zero attached hydrogens (tertiary/aromatic N) is 2. The van der Waals surface area contributed by atoms with E-state index in [1.54, 1.807) is 36.5 Å². The molecule has 0 spiro atoms. The second-order valence-electron chi connectivity index (χ2n) is 6.11. The van der Waals surface area contributed by atoms with Crippen LogP contribution in [0, 0.1) is 5.82 Å². The van der Waals surface area contributed by atoms with Crippen LogP contribution >= 0.6 is 0 Å². The lowest BCUT2D eigenvalue weighted by Gasteiger charge is -2.11. The number of amides is 1. The molecule has 1 aromatic carbocycles. The Morgan fingerprint density at radius 3 is 2.76 bits per heavy atom. The van der Waals surface area contributed by atoms with Crippen molar-refractivity contribution in [2.75, 3.05) is 39.0 Å². The van der Waals surface area contributed by atoms with Crippen molar-refractivity contribution in [3.63, 3.8) is 0 Å². The second kappa shape index (κ2) is 9.74. The SMILES string of the molecule is CN(C)CCCNc1cc(C(=O)NCCc2ccccc2F)ccn1. The highest BCUT2D eigenvalue weighted by molar-refractivity contribution is 5.94. The monoisotopic (exact) mass is 344 g/mol. The number of carbonyl (C=O) groups is 1. The van der Waals surface area contributed by atoms with Gasteiger partial charge in [-0.1, -0.05) is 18.2 Å². The maximum atomic E-state index is 13.6. The summed E-state index contributed by atoms with van der Waals surface area (Å²) < 4.78 is 13.6. The number of aromatic nitrogens is 1. The Balaban J connectivity index is 1.81. The van der Waals surface area contributed by atoms with Crippen molar-refractivity contribution in [3.05, 3.63) is 59.5 Å². The van der Waals surface area contributed by atoms with Crippen LogP contribution in [-0.4, -0.2) is 49.5 Å². The molecule has 134 valence electrons. The third-order valence-corrected chi connectivity index (χ3v) is 3.75. The standard InChI is InChI=1S/C19H25FN4O/c1-24(2)13-5-10-21-18-14-16(9-11-22-18)19(25)23-12-8-15-6-3-4-7-17(15)20/h3-4,6-7,9,11,14H,5,8,10,12-13H2,1-2H3,(H,21,22)(H,23,25). The lowest BCUT2D eigenvalue weighted by atomic mass is 10.1. The number of hydrogen-bond acceptors (Lipinski definition) is 4. The van der Waals surface area contributed by atoms with Gasteiger partial charge in [-0.2, -0.15) is 0 Å². The van der Waals surface area contributed by atoms with Gasteiger partial charge in [0.2, 0.25) is 0 Å². The number of pyridine rings is 1. The number of carbonyl (C=O) groups excluding carboxylic acids is 1. The molecule has 0 fully saturated rings. The summed E-state index contributed by atoms with van der Waals surface area (Å²) in [6.45, 7) is 2.17. The number of anilines is 1. The van der Waals surface area contributed by atoms with E-state index < -0.39 is 0 Å². The first kappa shape index (κ1) is 18.9. The first-order chi connectivity index (χ1) is 12.1. The van der Waals surface area contributed by atoms with Gasteiger partial charge in [0.1, 0.15) is 11.6 Å². The summed E-state index contributed by atoms with van der Waals surface area (Å²) in [5.74, 6) is 0.250. The van der Waals surface area contributed by atoms with Gasteiger partial charge in [-0.3, -0.25) is 4.79 Å². The van der Waals surface area contributed by atoms with Crippen LogP contribution in [0.2, 0.25) is 0 Å². The number of halogens is 1. The molecule has 2 rings (SSSR count). The van der Waals surface area contributed by atoms with Gasteiger partial charge >= 0.3 is 0 Å². The van der Waals surface area contributed by atoms with Crippen molar-refractivity contribution < 1.29 is 9.18 Å². The van der Waals surface area contributed by atoms with E-state index in [9.17, 15) is 9.18 Å². The molecule has 2 aromatic rings. The molecule has 0 aliphatic carbocycles. The normalized spacial score (nSPS) is 10.7. The minimum absolute atomic E-state index is 0.185. The molecule has 2 N–H and O–H groups in total. The average molecular weight is 344 g/mol. The van der Waals surface area contributed by atoms with Gasteiger partial charge in [-0.25, -0.2) is 9.37 Å². The summed E-state index contributed by atoms with van der Waals surface area (Å²) in [7, 11) is 4.06. The summed E-state index contributed by atoms with van der Waals surface area (Å²) in [5.41, 5.74) is 1.14. The van der Waals surface area contributed by atoms with Crippen molar-refractivity contribution in [1.82, 2.24) is 15.2 Å². The first-order valence-corrected chi connectivity index (χ1v) is 8.42. The molecular weight excluding hydrogens is 319 g/mol. The maximum absolute atomic E-state index is 13.6. The predicted molar refractivity (Wildman–Crippen MR) is 98.3 cm³/mol. The molecule has 5 nitrogen and oxygen atoms in total. The van der Waals surface area contributed by atoms with Crippen molar-refractivity contribution in [3.8, 4) is 0 Å². The van der Waals surface area contributed by atoms with Crippen LogP contribution in [-0.2, 0) is 6.42 Å². The van der Waals surface area contributed by atoms with Crippen molar-refractivity contribution in [2.45, 2.75) is 12.8 Å². The quantitative estimate of drug-likeness (QED) is 0.687. The molecule has 0 saturated carbocycles. The minimum atomic E-state index is -0.245. The largest absolute Gasteiger partial charge is 0.370 e. The Hall–Kier alpha value is -2.47. The van der Waals surface area contributed by atoms with E-state index in [2.05, 4.69) is 20.5 Å². The summed E-state index contributed by atoms with van der Waals surface area (Å²) in [6, 6.07) is 9.99. The summed E-state index contributed by atoms with van der Waals surface area (Å²) in [5, 5.41) is 6.03. The fourth-order valence-electron chi connectivity index (χ4n) is 2.39. The van der Waals surface area contributed by atoms with Gasteiger partial charge < -0.3 is 15.5 Å². The van der Waals surface area contributed by atoms with Crippen LogP contribution in [0.5, 0.6) is 0 Å². The van der Waals surface area contributed by atoms with E-state index in [-0.39, 0.29) is 11.7 Å². The number of rotatable bonds is 9. The molecular formula is C19H25FN4O. The molecule has 25 heavy (non-hydrogen) atoms. The minimum Gasteiger partial charge on any atom is -0.370 e. The molecule has 0 bridgehead atoms. The lowest BCUT2D eigenvalue weighted by Crippen LogP contribution is -2.26. The van der Waals surface area contributed by atoms with Gasteiger partial charge in [0.25, 0.3) is 5.91 Å². The molecule has 1 heterocycles. The fraction of sp³-hybridized carbons (Fsp3) is 0.368. The van der Waals surface area contributed by atoms with Gasteiger partial charge in [0.15, 0.2) is 0 Å². The van der Waals surface area contributed by atoms with Gasteiger partial charge in [-0.15, -0.1) is 0 Å². The zero-order valence-corrected chi connectivity index (χ0v) is 14.8. The molecule has 0 unspecified atom stereocenters. The molecule has 1 aromatic heterocycles. The first-order valence-electron chi connectivity index (χ1n) is 8.42. The Bertz CT molecular complexity index is 691. The van der Waals surface area contributed by atoms with E-state index in [1.165, 1.54) is 6.07 Å². The van der Waals surface area contributed by atoms with Crippen molar-refractivity contribution in [1.29, 1.82) is 0 Å². The Labute approximate surface area is 148 Å². The van der Waals surface area contributed by atoms with Crippen LogP contribution < -0.4 is 10.6 Å². The van der Waals surface area contributed by atoms with Crippen molar-refractivity contribution >= 4 is 11.7 Å². The summed E-state index contributed by atoms with van der Waals surface area (Å²) >= 11 is 0. The number of hydrogen-bond donors (Lipinski definition) is 2. The van der Waals surface area contributed by atoms with E-state index in [0.29, 0.717) is 29.9 Å². The molecule has 0 atom stereocenters. The second-order valence-corrected chi connectivity index (χ2v) is 6.11. The topological polar surface area (TPSA) is 57.3 Å². The van der Waals surface area contributed by atoms with Gasteiger partial charge in [0.05, 0.1) is 0 Å². The third kappa shape index (κ3) is 6.51. The van der Waals surface area contributed by atoms with Crippen LogP contribution in [0.4, 0.5) is 10.2 Å². The van der Waals surface area contributed by atoms with Crippen molar-refractivity contribution in [2.24, 2.45) is 0 Å². The van der Waals surface area contributed by atoms with E-state index in [0.717, 1.165) is 19.5 Å². The molecule has 0 radical (unpaired) electrons. The van der Waals surface area contributed by atoms with Crippen LogP contribution in [0.3, 0.4) is 0 Å². The molecule has 1 amide bonds. The van der Waals surface area contributed by atoms with E-state index in [1.807, 2.05) is 14.1 Å². The highest BCUT2D eigenvalue weighted by atomic mass is 19.1. The van der Waals surface area contributed by atoms with Gasteiger partial charge in [0, 0.05) is 24.8 Å². The Morgan fingerprint density at radius 2 is 2.00 bits per heavy atom. The maximum Gasteiger partial charge on any atom is 0.251 e. The zero-order chi connectivity index (χ0) is 18.1. The predicted octanol–water partition coefficient (Wildman–Crippen LogP) is 2.56. The summed E-state index contributed by atoms with van der Waals surface area (Å²) in [4.78, 5) is 18.6. The van der Waals surface area contributed by atoms with E-state index >= 15 is 0 Å². The smallest absolute Gasteiger partial charge is 0.251 e. The average Bonchev–Trinajstić information content (AvgIpc) is 2.60. The highest BCUT2D eigenvalue weighted by Gasteiger charge is 2.07. The fourth-order valence-corrected chi connectivity index (χ4v) is 2.39. The van der Waals surface area contributed by atoms with Crippen LogP contribution in [0.1, 0.15) is 22.3 Å². The number of benzene rings is 1. The molecule has 0 aliphatic rings. The Kier molecular flexibility index (Phi) is 7.35. The molecule has 0 aliphatic heterocycles. The Morgan fingerprint density at radius 1 is 1.20 bits per heavy atom. The zero-order valence-electron chi connectivity index (χ0n) is 14.8. The van der Waals surface area contributed by atoms with E-state index in [4.69, 9.17) is 0 Å². The molecule has 0 saturated heterocycles. The van der Waals surface area contributed by atoms with Crippen LogP contribution in [0.15, 0.2) is 42.6 Å². The highest BCUT2D eigenvalue weighted by Crippen LogP contribution is 2.08. The van der Waals surface area contributed by atoms with Crippen LogP contribution in [0.25, 0.3) is 0 Å². The van der Waals surface area contributed by atoms with Gasteiger partial charge in [-0.05, 0) is 57.2 Å².